The van der Waals surface area contributed by atoms with Gasteiger partial charge in [-0.3, -0.25) is 4.79 Å². The summed E-state index contributed by atoms with van der Waals surface area (Å²) in [6, 6.07) is 9.35. The second-order valence-electron chi connectivity index (χ2n) is 6.86. The average Bonchev–Trinajstić information content (AvgIpc) is 2.64. The van der Waals surface area contributed by atoms with Gasteiger partial charge < -0.3 is 14.8 Å². The normalized spacial score (nSPS) is 11.7. The topological polar surface area (TPSA) is 81.7 Å². The molecule has 0 spiro atoms. The van der Waals surface area contributed by atoms with E-state index in [0.717, 1.165) is 6.26 Å². The molecule has 0 radical (unpaired) electrons. The van der Waals surface area contributed by atoms with Gasteiger partial charge in [-0.1, -0.05) is 25.4 Å². The molecular formula is C21H24ClNO5S. The van der Waals surface area contributed by atoms with Crippen LogP contribution >= 0.6 is 11.6 Å². The van der Waals surface area contributed by atoms with E-state index in [4.69, 9.17) is 21.1 Å². The minimum Gasteiger partial charge on any atom is -0.493 e. The van der Waals surface area contributed by atoms with Crippen molar-refractivity contribution in [1.82, 2.24) is 0 Å². The fraction of sp³-hybridized carbons (Fsp3) is 0.286. The average molecular weight is 438 g/mol. The molecule has 156 valence electrons. The number of sulfone groups is 1. The van der Waals surface area contributed by atoms with E-state index in [0.29, 0.717) is 40.3 Å². The van der Waals surface area contributed by atoms with Crippen LogP contribution < -0.4 is 14.8 Å². The zero-order valence-electron chi connectivity index (χ0n) is 16.7. The number of halogens is 1. The molecule has 6 nitrogen and oxygen atoms in total. The second-order valence-corrected chi connectivity index (χ2v) is 9.28. The molecule has 2 aromatic carbocycles. The molecule has 0 heterocycles. The van der Waals surface area contributed by atoms with Crippen molar-refractivity contribution in [3.8, 4) is 11.5 Å². The van der Waals surface area contributed by atoms with E-state index < -0.39 is 9.84 Å². The Balaban J connectivity index is 2.10. The molecule has 2 rings (SSSR count). The van der Waals surface area contributed by atoms with Crippen molar-refractivity contribution < 1.29 is 22.7 Å². The van der Waals surface area contributed by atoms with Crippen LogP contribution in [0.15, 0.2) is 47.4 Å². The highest BCUT2D eigenvalue weighted by atomic mass is 35.5. The van der Waals surface area contributed by atoms with Crippen molar-refractivity contribution in [2.75, 3.05) is 25.3 Å². The predicted molar refractivity (Wildman–Crippen MR) is 116 cm³/mol. The minimum absolute atomic E-state index is 0.188. The van der Waals surface area contributed by atoms with Gasteiger partial charge in [0.25, 0.3) is 0 Å². The number of carbonyl (C=O) groups excluding carboxylic acids is 1. The Bertz CT molecular complexity index is 998. The third kappa shape index (κ3) is 6.80. The van der Waals surface area contributed by atoms with Gasteiger partial charge in [0.05, 0.1) is 23.6 Å². The van der Waals surface area contributed by atoms with Gasteiger partial charge in [0, 0.05) is 18.0 Å². The number of carbonyl (C=O) groups is 1. The molecule has 0 aromatic heterocycles. The van der Waals surface area contributed by atoms with Gasteiger partial charge in [-0.05, 0) is 54.0 Å². The smallest absolute Gasteiger partial charge is 0.248 e. The summed E-state index contributed by atoms with van der Waals surface area (Å²) in [6.45, 7) is 4.57. The van der Waals surface area contributed by atoms with Crippen LogP contribution in [-0.4, -0.2) is 34.3 Å². The summed E-state index contributed by atoms with van der Waals surface area (Å²) in [6.07, 6.45) is 4.08. The fourth-order valence-corrected chi connectivity index (χ4v) is 3.27. The molecule has 1 N–H and O–H groups in total. The van der Waals surface area contributed by atoms with E-state index in [2.05, 4.69) is 5.32 Å². The molecular weight excluding hydrogens is 414 g/mol. The second kappa shape index (κ2) is 9.80. The first-order valence-corrected chi connectivity index (χ1v) is 11.2. The third-order valence-electron chi connectivity index (χ3n) is 3.79. The van der Waals surface area contributed by atoms with E-state index in [1.54, 1.807) is 18.2 Å². The Hall–Kier alpha value is -2.51. The highest BCUT2D eigenvalue weighted by Gasteiger charge is 2.12. The maximum atomic E-state index is 12.1. The number of hydrogen-bond acceptors (Lipinski definition) is 5. The number of rotatable bonds is 8. The molecule has 1 amide bonds. The number of anilines is 1. The number of benzene rings is 2. The molecule has 0 bridgehead atoms. The van der Waals surface area contributed by atoms with E-state index in [-0.39, 0.29) is 10.8 Å². The number of hydrogen-bond donors (Lipinski definition) is 1. The predicted octanol–water partition coefficient (Wildman–Crippen LogP) is 4.44. The lowest BCUT2D eigenvalue weighted by Gasteiger charge is -2.14. The highest BCUT2D eigenvalue weighted by molar-refractivity contribution is 7.90. The molecule has 29 heavy (non-hydrogen) atoms. The van der Waals surface area contributed by atoms with Crippen LogP contribution in [0, 0.1) is 5.92 Å². The van der Waals surface area contributed by atoms with Crippen LogP contribution in [0.4, 0.5) is 5.69 Å². The van der Waals surface area contributed by atoms with Crippen molar-refractivity contribution >= 4 is 39.1 Å². The summed E-state index contributed by atoms with van der Waals surface area (Å²) in [7, 11) is -1.76. The van der Waals surface area contributed by atoms with Gasteiger partial charge in [-0.2, -0.15) is 0 Å². The molecule has 0 atom stereocenters. The van der Waals surface area contributed by atoms with Crippen molar-refractivity contribution in [3.05, 3.63) is 53.1 Å². The van der Waals surface area contributed by atoms with Gasteiger partial charge in [0.15, 0.2) is 21.3 Å². The van der Waals surface area contributed by atoms with Gasteiger partial charge in [0.2, 0.25) is 5.91 Å². The summed E-state index contributed by atoms with van der Waals surface area (Å²) in [5.41, 5.74) is 1.16. The molecule has 0 saturated carbocycles. The Morgan fingerprint density at radius 2 is 1.86 bits per heavy atom. The first kappa shape index (κ1) is 22.8. The highest BCUT2D eigenvalue weighted by Crippen LogP contribution is 2.37. The molecule has 2 aromatic rings. The zero-order valence-corrected chi connectivity index (χ0v) is 18.3. The third-order valence-corrected chi connectivity index (χ3v) is 5.20. The molecule has 0 aliphatic rings. The lowest BCUT2D eigenvalue weighted by molar-refractivity contribution is -0.111. The Kier molecular flexibility index (Phi) is 7.70. The first-order chi connectivity index (χ1) is 13.6. The Labute approximate surface area is 176 Å². The van der Waals surface area contributed by atoms with Gasteiger partial charge in [0.1, 0.15) is 0 Å². The van der Waals surface area contributed by atoms with E-state index in [1.165, 1.54) is 37.5 Å². The Morgan fingerprint density at radius 3 is 2.41 bits per heavy atom. The van der Waals surface area contributed by atoms with Crippen LogP contribution in [0.1, 0.15) is 19.4 Å². The van der Waals surface area contributed by atoms with Crippen molar-refractivity contribution in [1.29, 1.82) is 0 Å². The summed E-state index contributed by atoms with van der Waals surface area (Å²) in [5.74, 6) is 0.919. The number of nitrogens with one attached hydrogen (secondary N) is 1. The number of ether oxygens (including phenoxy) is 2. The molecule has 0 saturated heterocycles. The summed E-state index contributed by atoms with van der Waals surface area (Å²) in [5, 5.41) is 3.06. The molecule has 0 unspecified atom stereocenters. The van der Waals surface area contributed by atoms with Crippen molar-refractivity contribution in [2.45, 2.75) is 18.7 Å². The van der Waals surface area contributed by atoms with Crippen LogP contribution in [-0.2, 0) is 14.6 Å². The van der Waals surface area contributed by atoms with E-state index >= 15 is 0 Å². The maximum Gasteiger partial charge on any atom is 0.248 e. The van der Waals surface area contributed by atoms with Crippen LogP contribution in [0.2, 0.25) is 5.02 Å². The SMILES string of the molecule is COc1cc(/C=C/C(=O)Nc2ccc(S(C)(=O)=O)cc2)cc(Cl)c1OCC(C)C. The van der Waals surface area contributed by atoms with Crippen LogP contribution in [0.3, 0.4) is 0 Å². The number of amides is 1. The lowest BCUT2D eigenvalue weighted by Crippen LogP contribution is -2.08. The summed E-state index contributed by atoms with van der Waals surface area (Å²) >= 11 is 6.30. The van der Waals surface area contributed by atoms with Gasteiger partial charge >= 0.3 is 0 Å². The fourth-order valence-electron chi connectivity index (χ4n) is 2.37. The van der Waals surface area contributed by atoms with Crippen LogP contribution in [0.5, 0.6) is 11.5 Å². The van der Waals surface area contributed by atoms with Gasteiger partial charge in [-0.25, -0.2) is 8.42 Å². The van der Waals surface area contributed by atoms with E-state index in [9.17, 15) is 13.2 Å². The standard InChI is InChI=1S/C21H24ClNO5S/c1-14(2)13-28-21-18(22)11-15(12-19(21)27-3)5-10-20(24)23-16-6-8-17(9-7-16)29(4,25)26/h5-12,14H,13H2,1-4H3,(H,23,24)/b10-5+. The van der Waals surface area contributed by atoms with Crippen molar-refractivity contribution in [3.63, 3.8) is 0 Å². The summed E-state index contributed by atoms with van der Waals surface area (Å²) < 4.78 is 34.0. The molecule has 8 heteroatoms. The summed E-state index contributed by atoms with van der Waals surface area (Å²) in [4.78, 5) is 12.3. The molecule has 0 aliphatic heterocycles. The molecule has 0 fully saturated rings. The minimum atomic E-state index is -3.28. The first-order valence-electron chi connectivity index (χ1n) is 8.89. The zero-order chi connectivity index (χ0) is 21.6. The molecule has 0 aliphatic carbocycles. The Morgan fingerprint density at radius 1 is 1.21 bits per heavy atom. The van der Waals surface area contributed by atoms with Crippen LogP contribution in [0.25, 0.3) is 6.08 Å². The largest absolute Gasteiger partial charge is 0.493 e. The van der Waals surface area contributed by atoms with Crippen molar-refractivity contribution in [2.24, 2.45) is 5.92 Å². The monoisotopic (exact) mass is 437 g/mol. The maximum absolute atomic E-state index is 12.1. The number of methoxy groups -OCH3 is 1. The quantitative estimate of drug-likeness (QED) is 0.617. The lowest BCUT2D eigenvalue weighted by atomic mass is 10.1. The van der Waals surface area contributed by atoms with E-state index in [1.807, 2.05) is 13.8 Å². The van der Waals surface area contributed by atoms with Gasteiger partial charge in [-0.15, -0.1) is 0 Å².